The molecule has 3 rings (SSSR count). The molecule has 1 fully saturated rings. The number of anilines is 1. The molecule has 1 aliphatic heterocycles. The molecule has 0 aliphatic carbocycles. The lowest BCUT2D eigenvalue weighted by Crippen LogP contribution is -2.35. The minimum atomic E-state index is -0.502. The second-order valence-electron chi connectivity index (χ2n) is 4.29. The van der Waals surface area contributed by atoms with Gasteiger partial charge >= 0.3 is 5.76 Å². The van der Waals surface area contributed by atoms with Crippen LogP contribution >= 0.6 is 0 Å². The molecule has 2 aromatic heterocycles. The van der Waals surface area contributed by atoms with E-state index in [2.05, 4.69) is 25.1 Å². The average Bonchev–Trinajstić information content (AvgIpc) is 2.87. The first kappa shape index (κ1) is 10.9. The maximum atomic E-state index is 11.0. The van der Waals surface area contributed by atoms with E-state index in [0.29, 0.717) is 11.8 Å². The summed E-state index contributed by atoms with van der Waals surface area (Å²) in [6.45, 7) is 1.63. The lowest BCUT2D eigenvalue weighted by atomic mass is 9.98. The Morgan fingerprint density at radius 3 is 2.94 bits per heavy atom. The van der Waals surface area contributed by atoms with E-state index in [-0.39, 0.29) is 5.92 Å². The number of rotatable bonds is 2. The molecule has 18 heavy (non-hydrogen) atoms. The summed E-state index contributed by atoms with van der Waals surface area (Å²) in [6, 6.07) is 1.79. The highest BCUT2D eigenvalue weighted by atomic mass is 16.4. The van der Waals surface area contributed by atoms with Gasteiger partial charge in [0, 0.05) is 25.5 Å². The van der Waals surface area contributed by atoms with Crippen LogP contribution in [0.15, 0.2) is 27.7 Å². The zero-order chi connectivity index (χ0) is 12.4. The van der Waals surface area contributed by atoms with Crippen LogP contribution in [0.1, 0.15) is 24.7 Å². The normalized spacial score (nSPS) is 20.0. The first-order chi connectivity index (χ1) is 8.83. The number of H-pyrrole nitrogens is 1. The summed E-state index contributed by atoms with van der Waals surface area (Å²) in [5.74, 6) is 0.792. The van der Waals surface area contributed by atoms with Crippen LogP contribution in [-0.4, -0.2) is 33.3 Å². The molecule has 1 atom stereocenters. The van der Waals surface area contributed by atoms with Crippen molar-refractivity contribution in [2.45, 2.75) is 18.8 Å². The van der Waals surface area contributed by atoms with Gasteiger partial charge in [-0.3, -0.25) is 0 Å². The fraction of sp³-hybridized carbons (Fsp3) is 0.455. The van der Waals surface area contributed by atoms with Crippen LogP contribution in [0.25, 0.3) is 0 Å². The fourth-order valence-electron chi connectivity index (χ4n) is 2.23. The third kappa shape index (κ3) is 2.11. The van der Waals surface area contributed by atoms with Gasteiger partial charge < -0.3 is 9.32 Å². The largest absolute Gasteiger partial charge is 0.434 e. The molecule has 94 valence electrons. The predicted octanol–water partition coefficient (Wildman–Crippen LogP) is 0.537. The van der Waals surface area contributed by atoms with E-state index < -0.39 is 5.76 Å². The first-order valence-electron chi connectivity index (χ1n) is 5.90. The number of nitrogens with zero attached hydrogens (tertiary/aromatic N) is 4. The molecule has 1 aliphatic rings. The summed E-state index contributed by atoms with van der Waals surface area (Å²) in [5.41, 5.74) is 0. The zero-order valence-electron chi connectivity index (χ0n) is 9.74. The van der Waals surface area contributed by atoms with Gasteiger partial charge in [0.15, 0.2) is 0 Å². The maximum absolute atomic E-state index is 11.0. The van der Waals surface area contributed by atoms with E-state index >= 15 is 0 Å². The molecule has 7 nitrogen and oxygen atoms in total. The number of aromatic nitrogens is 4. The summed E-state index contributed by atoms with van der Waals surface area (Å²) < 4.78 is 5.02. The van der Waals surface area contributed by atoms with Crippen LogP contribution in [0, 0.1) is 0 Å². The van der Waals surface area contributed by atoms with Crippen molar-refractivity contribution in [1.82, 2.24) is 20.2 Å². The zero-order valence-corrected chi connectivity index (χ0v) is 9.74. The number of hydrogen-bond acceptors (Lipinski definition) is 6. The maximum Gasteiger partial charge on any atom is 0.434 e. The van der Waals surface area contributed by atoms with Gasteiger partial charge in [-0.2, -0.15) is 0 Å². The van der Waals surface area contributed by atoms with Crippen molar-refractivity contribution in [3.8, 4) is 0 Å². The van der Waals surface area contributed by atoms with Crippen molar-refractivity contribution >= 4 is 5.95 Å². The van der Waals surface area contributed by atoms with Crippen molar-refractivity contribution < 1.29 is 4.42 Å². The Morgan fingerprint density at radius 2 is 2.22 bits per heavy atom. The molecule has 0 bridgehead atoms. The first-order valence-corrected chi connectivity index (χ1v) is 5.90. The van der Waals surface area contributed by atoms with Gasteiger partial charge in [0.1, 0.15) is 0 Å². The lowest BCUT2D eigenvalue weighted by Gasteiger charge is -2.30. The smallest absolute Gasteiger partial charge is 0.392 e. The summed E-state index contributed by atoms with van der Waals surface area (Å²) in [5, 5.41) is 6.19. The monoisotopic (exact) mass is 247 g/mol. The number of hydrogen-bond donors (Lipinski definition) is 1. The van der Waals surface area contributed by atoms with Gasteiger partial charge in [-0.25, -0.2) is 19.9 Å². The highest BCUT2D eigenvalue weighted by molar-refractivity contribution is 5.30. The van der Waals surface area contributed by atoms with Gasteiger partial charge in [0.05, 0.1) is 5.92 Å². The van der Waals surface area contributed by atoms with Crippen molar-refractivity contribution in [1.29, 1.82) is 0 Å². The molecule has 0 aromatic carbocycles. The number of aromatic amines is 1. The molecule has 1 saturated heterocycles. The third-order valence-corrected chi connectivity index (χ3v) is 3.06. The molecular weight excluding hydrogens is 234 g/mol. The quantitative estimate of drug-likeness (QED) is 0.833. The Balaban J connectivity index is 1.78. The standard InChI is InChI=1S/C11H13N5O2/c17-11-15-14-9(18-11)8-3-1-6-16(7-8)10-12-4-2-5-13-10/h2,4-5,8H,1,3,6-7H2,(H,15,17). The molecular formula is C11H13N5O2. The second-order valence-corrected chi connectivity index (χ2v) is 4.29. The minimum Gasteiger partial charge on any atom is -0.392 e. The van der Waals surface area contributed by atoms with Crippen LogP contribution in [-0.2, 0) is 0 Å². The second kappa shape index (κ2) is 4.59. The van der Waals surface area contributed by atoms with Gasteiger partial charge in [0.25, 0.3) is 0 Å². The van der Waals surface area contributed by atoms with E-state index in [1.54, 1.807) is 18.5 Å². The van der Waals surface area contributed by atoms with Crippen LogP contribution in [0.5, 0.6) is 0 Å². The summed E-state index contributed by atoms with van der Waals surface area (Å²) in [4.78, 5) is 21.5. The highest BCUT2D eigenvalue weighted by Crippen LogP contribution is 2.26. The third-order valence-electron chi connectivity index (χ3n) is 3.06. The Bertz CT molecular complexity index is 564. The van der Waals surface area contributed by atoms with Gasteiger partial charge in [-0.05, 0) is 18.9 Å². The van der Waals surface area contributed by atoms with E-state index in [1.165, 1.54) is 0 Å². The van der Waals surface area contributed by atoms with Crippen LogP contribution in [0.3, 0.4) is 0 Å². The summed E-state index contributed by atoms with van der Waals surface area (Å²) in [7, 11) is 0. The molecule has 0 spiro atoms. The lowest BCUT2D eigenvalue weighted by molar-refractivity contribution is 0.383. The van der Waals surface area contributed by atoms with Gasteiger partial charge in [-0.1, -0.05) is 0 Å². The average molecular weight is 247 g/mol. The predicted molar refractivity (Wildman–Crippen MR) is 63.3 cm³/mol. The Labute approximate surface area is 103 Å². The molecule has 0 radical (unpaired) electrons. The molecule has 1 N–H and O–H groups in total. The van der Waals surface area contributed by atoms with E-state index in [0.717, 1.165) is 25.9 Å². The van der Waals surface area contributed by atoms with Crippen LogP contribution < -0.4 is 10.7 Å². The topological polar surface area (TPSA) is 87.9 Å². The molecule has 1 unspecified atom stereocenters. The van der Waals surface area contributed by atoms with E-state index in [4.69, 9.17) is 4.42 Å². The molecule has 3 heterocycles. The SMILES string of the molecule is O=c1[nH]nc(C2CCCN(c3ncccn3)C2)o1. The summed E-state index contributed by atoms with van der Waals surface area (Å²) in [6.07, 6.45) is 5.40. The molecule has 2 aromatic rings. The van der Waals surface area contributed by atoms with Crippen molar-refractivity contribution in [2.24, 2.45) is 0 Å². The van der Waals surface area contributed by atoms with Gasteiger partial charge in [0.2, 0.25) is 11.8 Å². The van der Waals surface area contributed by atoms with Crippen molar-refractivity contribution in [2.75, 3.05) is 18.0 Å². The highest BCUT2D eigenvalue weighted by Gasteiger charge is 2.26. The van der Waals surface area contributed by atoms with E-state index in [1.807, 2.05) is 0 Å². The van der Waals surface area contributed by atoms with Crippen molar-refractivity contribution in [3.63, 3.8) is 0 Å². The summed E-state index contributed by atoms with van der Waals surface area (Å²) >= 11 is 0. The number of piperidine rings is 1. The van der Waals surface area contributed by atoms with Crippen LogP contribution in [0.2, 0.25) is 0 Å². The fourth-order valence-corrected chi connectivity index (χ4v) is 2.23. The van der Waals surface area contributed by atoms with Gasteiger partial charge in [-0.15, -0.1) is 5.10 Å². The van der Waals surface area contributed by atoms with E-state index in [9.17, 15) is 4.79 Å². The molecule has 0 saturated carbocycles. The van der Waals surface area contributed by atoms with Crippen molar-refractivity contribution in [3.05, 3.63) is 34.9 Å². The van der Waals surface area contributed by atoms with Crippen LogP contribution in [0.4, 0.5) is 5.95 Å². The molecule has 0 amide bonds. The Hall–Kier alpha value is -2.18. The Kier molecular flexibility index (Phi) is 2.79. The number of nitrogens with one attached hydrogen (secondary N) is 1. The minimum absolute atomic E-state index is 0.113. The Morgan fingerprint density at radius 1 is 1.39 bits per heavy atom. The molecule has 7 heteroatoms.